The van der Waals surface area contributed by atoms with Crippen LogP contribution in [0, 0.1) is 6.92 Å². The van der Waals surface area contributed by atoms with Gasteiger partial charge in [-0.15, -0.1) is 0 Å². The molecule has 0 fully saturated rings. The maximum absolute atomic E-state index is 6.12. The van der Waals surface area contributed by atoms with E-state index in [1.807, 2.05) is 26.1 Å². The number of nitrogens with two attached hydrogens (primary N) is 1. The number of nitrogens with zero attached hydrogens (tertiary/aromatic N) is 3. The van der Waals surface area contributed by atoms with Crippen LogP contribution in [0.3, 0.4) is 0 Å². The molecule has 2 aromatic rings. The smallest absolute Gasteiger partial charge is 0.216 e. The van der Waals surface area contributed by atoms with Crippen LogP contribution in [0.5, 0.6) is 5.88 Å². The zero-order valence-corrected chi connectivity index (χ0v) is 12.9. The molecule has 0 unspecified atom stereocenters. The average Bonchev–Trinajstić information content (AvgIpc) is 2.73. The summed E-state index contributed by atoms with van der Waals surface area (Å²) in [5.74, 6) is 0.847. The van der Waals surface area contributed by atoms with Gasteiger partial charge in [0.25, 0.3) is 0 Å². The average molecular weight is 286 g/mol. The first kappa shape index (κ1) is 13.9. The van der Waals surface area contributed by atoms with E-state index in [0.717, 1.165) is 48.9 Å². The third kappa shape index (κ3) is 2.49. The van der Waals surface area contributed by atoms with Gasteiger partial charge < -0.3 is 10.5 Å². The van der Waals surface area contributed by atoms with E-state index in [1.54, 1.807) is 11.8 Å². The number of benzene rings is 1. The second-order valence-corrected chi connectivity index (χ2v) is 5.64. The molecule has 1 aromatic heterocycles. The van der Waals surface area contributed by atoms with E-state index in [4.69, 9.17) is 10.5 Å². The predicted octanol–water partition coefficient (Wildman–Crippen LogP) is 1.88. The molecule has 0 amide bonds. The van der Waals surface area contributed by atoms with Crippen LogP contribution in [0.1, 0.15) is 22.4 Å². The Labute approximate surface area is 125 Å². The van der Waals surface area contributed by atoms with Crippen molar-refractivity contribution >= 4 is 5.69 Å². The molecule has 1 aromatic carbocycles. The second kappa shape index (κ2) is 5.41. The maximum atomic E-state index is 6.12. The van der Waals surface area contributed by atoms with E-state index in [-0.39, 0.29) is 0 Å². The first-order valence-corrected chi connectivity index (χ1v) is 7.25. The van der Waals surface area contributed by atoms with Gasteiger partial charge in [-0.25, -0.2) is 4.68 Å². The Balaban J connectivity index is 1.83. The minimum atomic E-state index is 0.844. The highest BCUT2D eigenvalue weighted by Crippen LogP contribution is 2.28. The predicted molar refractivity (Wildman–Crippen MR) is 83.2 cm³/mol. The fourth-order valence-electron chi connectivity index (χ4n) is 3.14. The van der Waals surface area contributed by atoms with E-state index < -0.39 is 0 Å². The Kier molecular flexibility index (Phi) is 3.59. The zero-order chi connectivity index (χ0) is 15.0. The fraction of sp³-hybridized carbons (Fsp3) is 0.438. The van der Waals surface area contributed by atoms with E-state index in [1.165, 1.54) is 11.1 Å². The van der Waals surface area contributed by atoms with Crippen LogP contribution in [-0.4, -0.2) is 28.3 Å². The maximum Gasteiger partial charge on any atom is 0.216 e. The molecule has 0 radical (unpaired) electrons. The topological polar surface area (TPSA) is 56.3 Å². The lowest BCUT2D eigenvalue weighted by atomic mass is 9.98. The molecule has 112 valence electrons. The number of rotatable bonds is 3. The van der Waals surface area contributed by atoms with Crippen molar-refractivity contribution in [3.05, 3.63) is 40.6 Å². The van der Waals surface area contributed by atoms with Gasteiger partial charge >= 0.3 is 0 Å². The van der Waals surface area contributed by atoms with Crippen LogP contribution in [0.15, 0.2) is 18.2 Å². The quantitative estimate of drug-likeness (QED) is 0.875. The minimum Gasteiger partial charge on any atom is -0.481 e. The SMILES string of the molecule is COc1c(CN2CCc3cccc(N)c3C2)c(C)nn1C. The van der Waals surface area contributed by atoms with Crippen molar-refractivity contribution in [2.24, 2.45) is 7.05 Å². The van der Waals surface area contributed by atoms with Gasteiger partial charge in [-0.1, -0.05) is 12.1 Å². The molecule has 0 saturated heterocycles. The largest absolute Gasteiger partial charge is 0.481 e. The van der Waals surface area contributed by atoms with Crippen molar-refractivity contribution in [2.45, 2.75) is 26.4 Å². The summed E-state index contributed by atoms with van der Waals surface area (Å²) < 4.78 is 7.28. The zero-order valence-electron chi connectivity index (χ0n) is 12.9. The number of hydrogen-bond acceptors (Lipinski definition) is 4. The van der Waals surface area contributed by atoms with Gasteiger partial charge in [0.05, 0.1) is 18.4 Å². The lowest BCUT2D eigenvalue weighted by Gasteiger charge is -2.29. The summed E-state index contributed by atoms with van der Waals surface area (Å²) in [7, 11) is 3.61. The fourth-order valence-corrected chi connectivity index (χ4v) is 3.14. The molecule has 2 heterocycles. The van der Waals surface area contributed by atoms with E-state index in [9.17, 15) is 0 Å². The molecule has 0 spiro atoms. The Morgan fingerprint density at radius 1 is 1.38 bits per heavy atom. The molecule has 1 aliphatic heterocycles. The molecule has 21 heavy (non-hydrogen) atoms. The summed E-state index contributed by atoms with van der Waals surface area (Å²) in [6, 6.07) is 6.20. The number of aromatic nitrogens is 2. The third-order valence-corrected chi connectivity index (χ3v) is 4.25. The highest BCUT2D eigenvalue weighted by atomic mass is 16.5. The van der Waals surface area contributed by atoms with Crippen molar-refractivity contribution in [1.82, 2.24) is 14.7 Å². The van der Waals surface area contributed by atoms with Gasteiger partial charge in [-0.3, -0.25) is 4.90 Å². The highest BCUT2D eigenvalue weighted by molar-refractivity contribution is 5.51. The van der Waals surface area contributed by atoms with Gasteiger partial charge in [-0.05, 0) is 30.5 Å². The van der Waals surface area contributed by atoms with Crippen molar-refractivity contribution in [3.63, 3.8) is 0 Å². The van der Waals surface area contributed by atoms with Gasteiger partial charge in [0.2, 0.25) is 5.88 Å². The molecule has 2 N–H and O–H groups in total. The Bertz CT molecular complexity index is 663. The summed E-state index contributed by atoms with van der Waals surface area (Å²) in [6.45, 7) is 4.80. The summed E-state index contributed by atoms with van der Waals surface area (Å²) in [4.78, 5) is 2.41. The standard InChI is InChI=1S/C16H22N4O/c1-11-13(16(21-3)19(2)18-11)9-20-8-7-12-5-4-6-15(17)14(12)10-20/h4-6H,7-10,17H2,1-3H3. The van der Waals surface area contributed by atoms with Crippen molar-refractivity contribution in [3.8, 4) is 5.88 Å². The van der Waals surface area contributed by atoms with Gasteiger partial charge in [0.15, 0.2) is 0 Å². The lowest BCUT2D eigenvalue weighted by molar-refractivity contribution is 0.241. The number of fused-ring (bicyclic) bond motifs is 1. The summed E-state index contributed by atoms with van der Waals surface area (Å²) in [5, 5.41) is 4.45. The molecule has 0 bridgehead atoms. The molecule has 0 aliphatic carbocycles. The minimum absolute atomic E-state index is 0.844. The van der Waals surface area contributed by atoms with E-state index in [2.05, 4.69) is 16.1 Å². The van der Waals surface area contributed by atoms with Gasteiger partial charge in [0, 0.05) is 32.4 Å². The summed E-state index contributed by atoms with van der Waals surface area (Å²) in [5.41, 5.74) is 11.9. The number of aryl methyl sites for hydroxylation is 2. The normalized spacial score (nSPS) is 15.0. The molecule has 0 atom stereocenters. The van der Waals surface area contributed by atoms with E-state index in [0.29, 0.717) is 0 Å². The number of methoxy groups -OCH3 is 1. The Morgan fingerprint density at radius 3 is 2.95 bits per heavy atom. The lowest BCUT2D eigenvalue weighted by Crippen LogP contribution is -2.30. The third-order valence-electron chi connectivity index (χ3n) is 4.25. The molecule has 5 heteroatoms. The van der Waals surface area contributed by atoms with Gasteiger partial charge in [-0.2, -0.15) is 5.10 Å². The van der Waals surface area contributed by atoms with E-state index >= 15 is 0 Å². The van der Waals surface area contributed by atoms with Gasteiger partial charge in [0.1, 0.15) is 0 Å². The number of ether oxygens (including phenoxy) is 1. The molecule has 3 rings (SSSR count). The van der Waals surface area contributed by atoms with Crippen LogP contribution < -0.4 is 10.5 Å². The molecule has 1 aliphatic rings. The van der Waals surface area contributed by atoms with Crippen LogP contribution in [0.4, 0.5) is 5.69 Å². The molecule has 0 saturated carbocycles. The monoisotopic (exact) mass is 286 g/mol. The van der Waals surface area contributed by atoms with Crippen LogP contribution >= 0.6 is 0 Å². The number of hydrogen-bond donors (Lipinski definition) is 1. The Hall–Kier alpha value is -2.01. The number of anilines is 1. The number of nitrogen functional groups attached to an aromatic ring is 1. The second-order valence-electron chi connectivity index (χ2n) is 5.64. The first-order chi connectivity index (χ1) is 10.1. The first-order valence-electron chi connectivity index (χ1n) is 7.25. The summed E-state index contributed by atoms with van der Waals surface area (Å²) >= 11 is 0. The van der Waals surface area contributed by atoms with Crippen molar-refractivity contribution < 1.29 is 4.74 Å². The Morgan fingerprint density at radius 2 is 2.19 bits per heavy atom. The highest BCUT2D eigenvalue weighted by Gasteiger charge is 2.22. The van der Waals surface area contributed by atoms with Crippen molar-refractivity contribution in [1.29, 1.82) is 0 Å². The van der Waals surface area contributed by atoms with Crippen molar-refractivity contribution in [2.75, 3.05) is 19.4 Å². The molecule has 5 nitrogen and oxygen atoms in total. The summed E-state index contributed by atoms with van der Waals surface area (Å²) in [6.07, 6.45) is 1.04. The van der Waals surface area contributed by atoms with Crippen LogP contribution in [0.25, 0.3) is 0 Å². The van der Waals surface area contributed by atoms with Crippen LogP contribution in [0.2, 0.25) is 0 Å². The molecular weight excluding hydrogens is 264 g/mol. The van der Waals surface area contributed by atoms with Crippen LogP contribution in [-0.2, 0) is 26.6 Å². The molecular formula is C16H22N4O.